The molecule has 3 heterocycles. The van der Waals surface area contributed by atoms with Crippen molar-refractivity contribution in [2.45, 2.75) is 46.6 Å². The zero-order chi connectivity index (χ0) is 21.6. The number of nitriles is 1. The molecule has 0 saturated carbocycles. The maximum Gasteiger partial charge on any atom is 0.256 e. The number of hydrogen-bond acceptors (Lipinski definition) is 3. The molecule has 2 aromatic heterocycles. The van der Waals surface area contributed by atoms with E-state index in [1.807, 2.05) is 55.6 Å². The van der Waals surface area contributed by atoms with E-state index in [0.29, 0.717) is 5.56 Å². The lowest BCUT2D eigenvalue weighted by Gasteiger charge is -2.25. The van der Waals surface area contributed by atoms with Gasteiger partial charge in [0.2, 0.25) is 0 Å². The summed E-state index contributed by atoms with van der Waals surface area (Å²) in [7, 11) is 1.96. The Morgan fingerprint density at radius 3 is 2.43 bits per heavy atom. The Kier molecular flexibility index (Phi) is 4.98. The molecule has 6 heteroatoms. The summed E-state index contributed by atoms with van der Waals surface area (Å²) in [6, 6.07) is 11.7. The highest BCUT2D eigenvalue weighted by Crippen LogP contribution is 2.37. The van der Waals surface area contributed by atoms with Crippen LogP contribution in [0.5, 0.6) is 0 Å². The van der Waals surface area contributed by atoms with Crippen LogP contribution in [-0.4, -0.2) is 31.7 Å². The van der Waals surface area contributed by atoms with Crippen molar-refractivity contribution in [2.75, 3.05) is 6.54 Å². The lowest BCUT2D eigenvalue weighted by molar-refractivity contribution is 0.0734. The van der Waals surface area contributed by atoms with Gasteiger partial charge < -0.3 is 9.47 Å². The molecule has 1 amide bonds. The van der Waals surface area contributed by atoms with Gasteiger partial charge in [-0.1, -0.05) is 0 Å². The van der Waals surface area contributed by atoms with Crippen molar-refractivity contribution in [1.29, 1.82) is 5.26 Å². The fraction of sp³-hybridized carbons (Fsp3) is 0.375. The summed E-state index contributed by atoms with van der Waals surface area (Å²) in [5, 5.41) is 13.6. The van der Waals surface area contributed by atoms with Crippen molar-refractivity contribution >= 4 is 5.91 Å². The van der Waals surface area contributed by atoms with E-state index in [9.17, 15) is 4.79 Å². The number of likely N-dealkylation sites (tertiary alicyclic amines) is 1. The average Bonchev–Trinajstić information content (AvgIpc) is 3.38. The molecule has 0 N–H and O–H groups in total. The minimum atomic E-state index is 0.0733. The van der Waals surface area contributed by atoms with Crippen molar-refractivity contribution in [2.24, 2.45) is 7.05 Å². The van der Waals surface area contributed by atoms with Crippen molar-refractivity contribution in [3.05, 3.63) is 69.8 Å². The number of rotatable bonds is 3. The van der Waals surface area contributed by atoms with E-state index >= 15 is 0 Å². The number of nitrogens with zero attached hydrogens (tertiary/aromatic N) is 5. The topological polar surface area (TPSA) is 66.8 Å². The Bertz CT molecular complexity index is 1160. The molecule has 1 aromatic carbocycles. The van der Waals surface area contributed by atoms with Crippen molar-refractivity contribution < 1.29 is 4.79 Å². The minimum Gasteiger partial charge on any atom is -0.331 e. The van der Waals surface area contributed by atoms with Crippen LogP contribution in [0.15, 0.2) is 30.3 Å². The molecule has 1 atom stereocenters. The van der Waals surface area contributed by atoms with Gasteiger partial charge in [-0.05, 0) is 70.9 Å². The molecule has 1 fully saturated rings. The molecule has 1 aliphatic rings. The van der Waals surface area contributed by atoms with E-state index < -0.39 is 0 Å². The van der Waals surface area contributed by atoms with Gasteiger partial charge in [-0.25, -0.2) is 0 Å². The summed E-state index contributed by atoms with van der Waals surface area (Å²) in [6.45, 7) is 8.87. The second-order valence-corrected chi connectivity index (χ2v) is 8.14. The molecule has 0 radical (unpaired) electrons. The fourth-order valence-corrected chi connectivity index (χ4v) is 4.80. The van der Waals surface area contributed by atoms with Crippen LogP contribution >= 0.6 is 0 Å². The number of amides is 1. The van der Waals surface area contributed by atoms with Crippen LogP contribution in [0.3, 0.4) is 0 Å². The lowest BCUT2D eigenvalue weighted by Crippen LogP contribution is -2.31. The summed E-state index contributed by atoms with van der Waals surface area (Å²) < 4.78 is 3.99. The van der Waals surface area contributed by atoms with E-state index in [4.69, 9.17) is 5.26 Å². The number of carbonyl (C=O) groups excluding carboxylic acids is 1. The highest BCUT2D eigenvalue weighted by atomic mass is 16.2. The molecular weight excluding hydrogens is 374 g/mol. The second-order valence-electron chi connectivity index (χ2n) is 8.14. The standard InChI is InChI=1S/C24H27N5O/c1-15-13-21(17(3)29(15)20-10-8-19(14-25)9-11-20)24(30)28-12-6-7-22(28)23-16(2)26-27(5)18(23)4/h8-11,13,22H,6-7,12H2,1-5H3. The first-order chi connectivity index (χ1) is 14.3. The number of aromatic nitrogens is 3. The number of aryl methyl sites for hydroxylation is 3. The van der Waals surface area contributed by atoms with Crippen LogP contribution in [-0.2, 0) is 7.05 Å². The van der Waals surface area contributed by atoms with E-state index in [1.54, 1.807) is 12.1 Å². The van der Waals surface area contributed by atoms with Crippen molar-refractivity contribution in [1.82, 2.24) is 19.2 Å². The first kappa shape index (κ1) is 20.0. The molecule has 0 spiro atoms. The Morgan fingerprint density at radius 1 is 1.13 bits per heavy atom. The van der Waals surface area contributed by atoms with Crippen LogP contribution in [0, 0.1) is 39.0 Å². The molecule has 1 aliphatic heterocycles. The molecule has 1 saturated heterocycles. The van der Waals surface area contributed by atoms with E-state index in [2.05, 4.69) is 22.7 Å². The summed E-state index contributed by atoms with van der Waals surface area (Å²) >= 11 is 0. The normalized spacial score (nSPS) is 16.1. The van der Waals surface area contributed by atoms with E-state index in [1.165, 1.54) is 5.56 Å². The molecule has 3 aromatic rings. The fourth-order valence-electron chi connectivity index (χ4n) is 4.80. The average molecular weight is 402 g/mol. The Balaban J connectivity index is 1.70. The van der Waals surface area contributed by atoms with Crippen LogP contribution in [0.1, 0.15) is 63.1 Å². The predicted molar refractivity (Wildman–Crippen MR) is 116 cm³/mol. The highest BCUT2D eigenvalue weighted by Gasteiger charge is 2.35. The molecule has 6 nitrogen and oxygen atoms in total. The summed E-state index contributed by atoms with van der Waals surface area (Å²) in [4.78, 5) is 15.6. The second kappa shape index (κ2) is 7.49. The minimum absolute atomic E-state index is 0.0733. The van der Waals surface area contributed by atoms with Crippen LogP contribution < -0.4 is 0 Å². The quantitative estimate of drug-likeness (QED) is 0.657. The molecule has 0 aliphatic carbocycles. The third-order valence-electron chi connectivity index (χ3n) is 6.33. The van der Waals surface area contributed by atoms with Gasteiger partial charge in [0, 0.05) is 41.9 Å². The van der Waals surface area contributed by atoms with Crippen LogP contribution in [0.2, 0.25) is 0 Å². The van der Waals surface area contributed by atoms with Gasteiger partial charge in [-0.2, -0.15) is 10.4 Å². The molecule has 30 heavy (non-hydrogen) atoms. The third-order valence-corrected chi connectivity index (χ3v) is 6.33. The molecule has 4 rings (SSSR count). The number of hydrogen-bond donors (Lipinski definition) is 0. The molecular formula is C24H27N5O. The molecule has 154 valence electrons. The summed E-state index contributed by atoms with van der Waals surface area (Å²) in [6.07, 6.45) is 1.96. The number of benzene rings is 1. The molecule has 1 unspecified atom stereocenters. The van der Waals surface area contributed by atoms with Gasteiger partial charge in [-0.3, -0.25) is 9.48 Å². The lowest BCUT2D eigenvalue weighted by atomic mass is 10.0. The van der Waals surface area contributed by atoms with E-state index in [0.717, 1.165) is 53.4 Å². The largest absolute Gasteiger partial charge is 0.331 e. The summed E-state index contributed by atoms with van der Waals surface area (Å²) in [5.41, 5.74) is 7.56. The maximum absolute atomic E-state index is 13.6. The first-order valence-corrected chi connectivity index (χ1v) is 10.3. The van der Waals surface area contributed by atoms with Gasteiger partial charge in [0.05, 0.1) is 28.9 Å². The highest BCUT2D eigenvalue weighted by molar-refractivity contribution is 5.96. The zero-order valence-corrected chi connectivity index (χ0v) is 18.2. The monoisotopic (exact) mass is 401 g/mol. The van der Waals surface area contributed by atoms with Gasteiger partial charge in [0.15, 0.2) is 0 Å². The number of carbonyl (C=O) groups is 1. The van der Waals surface area contributed by atoms with Crippen LogP contribution in [0.25, 0.3) is 5.69 Å². The van der Waals surface area contributed by atoms with Crippen molar-refractivity contribution in [3.8, 4) is 11.8 Å². The van der Waals surface area contributed by atoms with E-state index in [-0.39, 0.29) is 11.9 Å². The van der Waals surface area contributed by atoms with Gasteiger partial charge in [-0.15, -0.1) is 0 Å². The first-order valence-electron chi connectivity index (χ1n) is 10.3. The van der Waals surface area contributed by atoms with Gasteiger partial charge in [0.25, 0.3) is 5.91 Å². The van der Waals surface area contributed by atoms with Crippen LogP contribution in [0.4, 0.5) is 0 Å². The Labute approximate surface area is 177 Å². The SMILES string of the molecule is Cc1nn(C)c(C)c1C1CCCN1C(=O)c1cc(C)n(-c2ccc(C#N)cc2)c1C. The Hall–Kier alpha value is -3.33. The third kappa shape index (κ3) is 3.11. The maximum atomic E-state index is 13.6. The smallest absolute Gasteiger partial charge is 0.256 e. The van der Waals surface area contributed by atoms with Gasteiger partial charge >= 0.3 is 0 Å². The zero-order valence-electron chi connectivity index (χ0n) is 18.2. The van der Waals surface area contributed by atoms with Gasteiger partial charge in [0.1, 0.15) is 0 Å². The van der Waals surface area contributed by atoms with Crippen molar-refractivity contribution in [3.63, 3.8) is 0 Å². The Morgan fingerprint density at radius 2 is 1.83 bits per heavy atom. The summed E-state index contributed by atoms with van der Waals surface area (Å²) in [5.74, 6) is 0.0770. The predicted octanol–water partition coefficient (Wildman–Crippen LogP) is 4.29. The molecule has 0 bridgehead atoms.